The van der Waals surface area contributed by atoms with E-state index in [1.807, 2.05) is 62.4 Å². The first-order valence-corrected chi connectivity index (χ1v) is 16.6. The van der Waals surface area contributed by atoms with E-state index in [0.717, 1.165) is 11.3 Å². The van der Waals surface area contributed by atoms with Gasteiger partial charge in [0.2, 0.25) is 15.9 Å². The molecule has 232 valence electrons. The normalized spacial score (nSPS) is 11.4. The largest absolute Gasteiger partial charge is 0.494 e. The van der Waals surface area contributed by atoms with Gasteiger partial charge in [0.15, 0.2) is 11.0 Å². The number of benzene rings is 3. The molecule has 0 fully saturated rings. The van der Waals surface area contributed by atoms with E-state index in [1.165, 1.54) is 40.3 Å². The van der Waals surface area contributed by atoms with Gasteiger partial charge in [-0.15, -0.1) is 10.2 Å². The highest BCUT2D eigenvalue weighted by Crippen LogP contribution is 2.25. The highest BCUT2D eigenvalue weighted by Gasteiger charge is 2.22. The minimum atomic E-state index is -3.63. The Morgan fingerprint density at radius 1 is 0.955 bits per heavy atom. The maximum atomic E-state index is 13.0. The third-order valence-electron chi connectivity index (χ3n) is 6.61. The quantitative estimate of drug-likeness (QED) is 0.191. The molecule has 1 aromatic heterocycles. The molecule has 0 unspecified atom stereocenters. The summed E-state index contributed by atoms with van der Waals surface area (Å²) in [6, 6.07) is 20.7. The molecule has 44 heavy (non-hydrogen) atoms. The first-order chi connectivity index (χ1) is 21.2. The summed E-state index contributed by atoms with van der Waals surface area (Å²) in [4.78, 5) is 25.8. The van der Waals surface area contributed by atoms with Crippen LogP contribution in [0.25, 0.3) is 5.69 Å². The molecule has 4 aromatic rings. The molecule has 0 aliphatic carbocycles. The SMILES string of the molecule is CCOc1ccc(-n2c(CNC(=O)c3ccc(S(=O)(=O)N(CC)CC)cc3)nnc2SCC(=O)Nc2cccc(C)c2)cc1. The fourth-order valence-electron chi connectivity index (χ4n) is 4.43. The molecule has 0 spiro atoms. The van der Waals surface area contributed by atoms with Crippen LogP contribution in [-0.4, -0.2) is 64.8 Å². The number of sulfonamides is 1. The van der Waals surface area contributed by atoms with Gasteiger partial charge in [-0.3, -0.25) is 14.2 Å². The summed E-state index contributed by atoms with van der Waals surface area (Å²) in [5, 5.41) is 14.8. The summed E-state index contributed by atoms with van der Waals surface area (Å²) < 4.78 is 34.3. The van der Waals surface area contributed by atoms with E-state index in [0.29, 0.717) is 47.7 Å². The zero-order chi connectivity index (χ0) is 31.7. The van der Waals surface area contributed by atoms with Crippen molar-refractivity contribution in [2.75, 3.05) is 30.8 Å². The molecular formula is C31H36N6O5S2. The fraction of sp³-hybridized carbons (Fsp3) is 0.290. The zero-order valence-corrected chi connectivity index (χ0v) is 26.7. The lowest BCUT2D eigenvalue weighted by Crippen LogP contribution is -2.30. The number of amides is 2. The number of carbonyl (C=O) groups is 2. The van der Waals surface area contributed by atoms with Crippen LogP contribution in [0.15, 0.2) is 82.8 Å². The minimum absolute atomic E-state index is 0.0363. The number of nitrogens with one attached hydrogen (secondary N) is 2. The Balaban J connectivity index is 1.50. The van der Waals surface area contributed by atoms with E-state index in [1.54, 1.807) is 18.4 Å². The van der Waals surface area contributed by atoms with Crippen LogP contribution in [0.2, 0.25) is 0 Å². The van der Waals surface area contributed by atoms with Crippen molar-refractivity contribution in [2.45, 2.75) is 44.3 Å². The number of aryl methyl sites for hydroxylation is 1. The average Bonchev–Trinajstić information content (AvgIpc) is 3.42. The van der Waals surface area contributed by atoms with E-state index >= 15 is 0 Å². The lowest BCUT2D eigenvalue weighted by Gasteiger charge is -2.18. The second-order valence-corrected chi connectivity index (χ2v) is 12.5. The number of carbonyl (C=O) groups excluding carboxylic acids is 2. The van der Waals surface area contributed by atoms with E-state index in [-0.39, 0.29) is 23.1 Å². The summed E-state index contributed by atoms with van der Waals surface area (Å²) >= 11 is 1.22. The van der Waals surface area contributed by atoms with Crippen LogP contribution in [0.4, 0.5) is 5.69 Å². The van der Waals surface area contributed by atoms with Crippen LogP contribution in [0.3, 0.4) is 0 Å². The van der Waals surface area contributed by atoms with Gasteiger partial charge < -0.3 is 15.4 Å². The molecule has 2 N–H and O–H groups in total. The molecule has 1 heterocycles. The Hall–Kier alpha value is -4.20. The Morgan fingerprint density at radius 2 is 1.66 bits per heavy atom. The van der Waals surface area contributed by atoms with Gasteiger partial charge in [0.25, 0.3) is 5.91 Å². The summed E-state index contributed by atoms with van der Waals surface area (Å²) in [7, 11) is -3.63. The molecule has 2 amide bonds. The molecule has 4 rings (SSSR count). The van der Waals surface area contributed by atoms with E-state index in [9.17, 15) is 18.0 Å². The number of thioether (sulfide) groups is 1. The molecule has 13 heteroatoms. The molecule has 0 saturated carbocycles. The molecule has 0 saturated heterocycles. The summed E-state index contributed by atoms with van der Waals surface area (Å²) in [5.74, 6) is 0.660. The molecule has 0 aliphatic rings. The number of hydrogen-bond acceptors (Lipinski definition) is 8. The maximum Gasteiger partial charge on any atom is 0.251 e. The van der Waals surface area contributed by atoms with Crippen molar-refractivity contribution in [3.63, 3.8) is 0 Å². The lowest BCUT2D eigenvalue weighted by molar-refractivity contribution is -0.113. The van der Waals surface area contributed by atoms with Crippen LogP contribution in [0.5, 0.6) is 5.75 Å². The second-order valence-electron chi connectivity index (χ2n) is 9.66. The van der Waals surface area contributed by atoms with E-state index in [4.69, 9.17) is 4.74 Å². The molecule has 11 nitrogen and oxygen atoms in total. The Labute approximate surface area is 262 Å². The first kappa shape index (κ1) is 32.7. The molecule has 3 aromatic carbocycles. The third-order valence-corrected chi connectivity index (χ3v) is 9.60. The highest BCUT2D eigenvalue weighted by atomic mass is 32.2. The average molecular weight is 637 g/mol. The number of nitrogens with zero attached hydrogens (tertiary/aromatic N) is 4. The minimum Gasteiger partial charge on any atom is -0.494 e. The van der Waals surface area contributed by atoms with Crippen LogP contribution in [0.1, 0.15) is 42.5 Å². The fourth-order valence-corrected chi connectivity index (χ4v) is 6.66. The predicted molar refractivity (Wildman–Crippen MR) is 171 cm³/mol. The smallest absolute Gasteiger partial charge is 0.251 e. The van der Waals surface area contributed by atoms with Crippen molar-refractivity contribution >= 4 is 39.3 Å². The number of ether oxygens (including phenoxy) is 1. The predicted octanol–water partition coefficient (Wildman–Crippen LogP) is 4.67. The van der Waals surface area contributed by atoms with Gasteiger partial charge in [-0.05, 0) is 80.1 Å². The Bertz CT molecular complexity index is 1690. The van der Waals surface area contributed by atoms with Gasteiger partial charge in [0.1, 0.15) is 5.75 Å². The van der Waals surface area contributed by atoms with E-state index in [2.05, 4.69) is 20.8 Å². The van der Waals surface area contributed by atoms with Crippen LogP contribution in [-0.2, 0) is 21.4 Å². The highest BCUT2D eigenvalue weighted by molar-refractivity contribution is 7.99. The van der Waals surface area contributed by atoms with Gasteiger partial charge in [0.05, 0.1) is 23.8 Å². The number of anilines is 1. The first-order valence-electron chi connectivity index (χ1n) is 14.2. The van der Waals surface area contributed by atoms with Gasteiger partial charge in [-0.25, -0.2) is 8.42 Å². The monoisotopic (exact) mass is 636 g/mol. The summed E-state index contributed by atoms with van der Waals surface area (Å²) in [5.41, 5.74) is 2.79. The lowest BCUT2D eigenvalue weighted by atomic mass is 10.2. The second kappa shape index (κ2) is 15.0. The van der Waals surface area contributed by atoms with Crippen molar-refractivity contribution in [1.82, 2.24) is 24.4 Å². The Morgan fingerprint density at radius 3 is 2.30 bits per heavy atom. The summed E-state index contributed by atoms with van der Waals surface area (Å²) in [6.07, 6.45) is 0. The van der Waals surface area contributed by atoms with Crippen molar-refractivity contribution in [2.24, 2.45) is 0 Å². The number of hydrogen-bond donors (Lipinski definition) is 2. The van der Waals surface area contributed by atoms with Crippen molar-refractivity contribution < 1.29 is 22.7 Å². The molecular weight excluding hydrogens is 601 g/mol. The van der Waals surface area contributed by atoms with E-state index < -0.39 is 15.9 Å². The molecule has 0 atom stereocenters. The number of aromatic nitrogens is 3. The summed E-state index contributed by atoms with van der Waals surface area (Å²) in [6.45, 7) is 8.69. The Kier molecular flexibility index (Phi) is 11.1. The molecule has 0 aliphatic heterocycles. The number of rotatable bonds is 14. The third kappa shape index (κ3) is 8.04. The van der Waals surface area contributed by atoms with Crippen molar-refractivity contribution in [3.05, 3.63) is 89.7 Å². The van der Waals surface area contributed by atoms with Crippen LogP contribution >= 0.6 is 11.8 Å². The zero-order valence-electron chi connectivity index (χ0n) is 25.1. The van der Waals surface area contributed by atoms with Gasteiger partial charge in [-0.1, -0.05) is 37.7 Å². The molecule has 0 bridgehead atoms. The standard InChI is InChI=1S/C31H36N6O5S2/c1-5-36(6-2)44(40,41)27-17-11-23(12-18-27)30(39)32-20-28-34-35-31(37(28)25-13-15-26(16-14-25)42-7-3)43-21-29(38)33-24-10-8-9-22(4)19-24/h8-19H,5-7,20-21H2,1-4H3,(H,32,39)(H,33,38). The topological polar surface area (TPSA) is 136 Å². The van der Waals surface area contributed by atoms with Gasteiger partial charge in [-0.2, -0.15) is 4.31 Å². The van der Waals surface area contributed by atoms with Gasteiger partial charge in [0, 0.05) is 30.0 Å². The van der Waals surface area contributed by atoms with Crippen molar-refractivity contribution in [3.8, 4) is 11.4 Å². The van der Waals surface area contributed by atoms with Gasteiger partial charge >= 0.3 is 0 Å². The van der Waals surface area contributed by atoms with Crippen LogP contribution in [0, 0.1) is 6.92 Å². The maximum absolute atomic E-state index is 13.0. The van der Waals surface area contributed by atoms with Crippen molar-refractivity contribution in [1.29, 1.82) is 0 Å². The van der Waals surface area contributed by atoms with Crippen LogP contribution < -0.4 is 15.4 Å². The molecule has 0 radical (unpaired) electrons.